The van der Waals surface area contributed by atoms with E-state index in [1.807, 2.05) is 0 Å². The van der Waals surface area contributed by atoms with Crippen LogP contribution in [0.5, 0.6) is 0 Å². The Morgan fingerprint density at radius 1 is 0.875 bits per heavy atom. The second kappa shape index (κ2) is 13.4. The maximum absolute atomic E-state index is 8.96. The molecule has 0 saturated heterocycles. The highest BCUT2D eigenvalue weighted by molar-refractivity contribution is 6.81. The minimum Gasteiger partial charge on any atom is -0.396 e. The van der Waals surface area contributed by atoms with Crippen LogP contribution in [0.4, 0.5) is 0 Å². The van der Waals surface area contributed by atoms with Gasteiger partial charge in [-0.25, -0.2) is 0 Å². The molecule has 1 N–H and O–H groups in total. The topological polar surface area (TPSA) is 29.5 Å². The van der Waals surface area contributed by atoms with Gasteiger partial charge >= 0.3 is 0 Å². The van der Waals surface area contributed by atoms with Gasteiger partial charge < -0.3 is 9.84 Å². The Bertz CT molecular complexity index is 274. The summed E-state index contributed by atoms with van der Waals surface area (Å²) in [5.74, 6) is 0.820. The zero-order chi connectivity index (χ0) is 17.7. The zero-order valence-electron chi connectivity index (χ0n) is 16.8. The predicted molar refractivity (Wildman–Crippen MR) is 109 cm³/mol. The minimum atomic E-state index is -1.19. The van der Waals surface area contributed by atoms with Gasteiger partial charge in [0.1, 0.15) is 0 Å². The summed E-state index contributed by atoms with van der Waals surface area (Å²) < 4.78 is 5.96. The molecule has 3 heteroatoms. The summed E-state index contributed by atoms with van der Waals surface area (Å²) in [4.78, 5) is 0. The third kappa shape index (κ3) is 7.17. The van der Waals surface area contributed by atoms with E-state index in [1.54, 1.807) is 18.1 Å². The molecular formula is C21H44O2Si. The van der Waals surface area contributed by atoms with Gasteiger partial charge in [0.05, 0.1) is 8.07 Å². The Morgan fingerprint density at radius 3 is 1.96 bits per heavy atom. The standard InChI is InChI=1S/C21H44O2Si/c1-4-7-16-24(17-8-5-2,18-9-6-3)21-13-10-12-20(21)19-23-15-11-14-22/h20-22H,4-19H2,1-3H3. The first-order valence-electron chi connectivity index (χ1n) is 10.9. The normalized spacial score (nSPS) is 21.5. The van der Waals surface area contributed by atoms with E-state index in [0.29, 0.717) is 0 Å². The van der Waals surface area contributed by atoms with Gasteiger partial charge in [0.2, 0.25) is 0 Å². The predicted octanol–water partition coefficient (Wildman–Crippen LogP) is 6.40. The van der Waals surface area contributed by atoms with Gasteiger partial charge in [0.25, 0.3) is 0 Å². The Labute approximate surface area is 152 Å². The lowest BCUT2D eigenvalue weighted by molar-refractivity contribution is 0.0875. The van der Waals surface area contributed by atoms with Crippen LogP contribution in [0.1, 0.15) is 85.0 Å². The van der Waals surface area contributed by atoms with E-state index in [-0.39, 0.29) is 6.61 Å². The summed E-state index contributed by atoms with van der Waals surface area (Å²) in [6.07, 6.45) is 13.5. The quantitative estimate of drug-likeness (QED) is 0.271. The molecule has 0 spiro atoms. The van der Waals surface area contributed by atoms with Gasteiger partial charge in [-0.3, -0.25) is 0 Å². The van der Waals surface area contributed by atoms with Gasteiger partial charge in [-0.2, -0.15) is 0 Å². The van der Waals surface area contributed by atoms with Crippen molar-refractivity contribution in [1.82, 2.24) is 0 Å². The highest BCUT2D eigenvalue weighted by Gasteiger charge is 2.45. The maximum Gasteiger partial charge on any atom is 0.0570 e. The van der Waals surface area contributed by atoms with Crippen LogP contribution in [-0.4, -0.2) is 33.0 Å². The number of unbranched alkanes of at least 4 members (excludes halogenated alkanes) is 3. The lowest BCUT2D eigenvalue weighted by atomic mass is 10.1. The van der Waals surface area contributed by atoms with Gasteiger partial charge in [-0.05, 0) is 24.3 Å². The Kier molecular flexibility index (Phi) is 12.3. The van der Waals surface area contributed by atoms with E-state index >= 15 is 0 Å². The van der Waals surface area contributed by atoms with Crippen molar-refractivity contribution in [2.75, 3.05) is 19.8 Å². The Balaban J connectivity index is 2.78. The molecule has 1 saturated carbocycles. The summed E-state index contributed by atoms with van der Waals surface area (Å²) >= 11 is 0. The molecule has 1 aliphatic rings. The van der Waals surface area contributed by atoms with Crippen molar-refractivity contribution in [1.29, 1.82) is 0 Å². The van der Waals surface area contributed by atoms with E-state index in [4.69, 9.17) is 9.84 Å². The molecule has 1 aliphatic carbocycles. The number of aliphatic hydroxyl groups excluding tert-OH is 1. The van der Waals surface area contributed by atoms with Crippen molar-refractivity contribution >= 4 is 8.07 Å². The molecule has 2 atom stereocenters. The van der Waals surface area contributed by atoms with Crippen LogP contribution >= 0.6 is 0 Å². The van der Waals surface area contributed by atoms with Crippen LogP contribution < -0.4 is 0 Å². The molecule has 1 fully saturated rings. The first-order chi connectivity index (χ1) is 11.7. The molecule has 0 aromatic rings. The van der Waals surface area contributed by atoms with Crippen molar-refractivity contribution in [3.05, 3.63) is 0 Å². The van der Waals surface area contributed by atoms with Crippen molar-refractivity contribution < 1.29 is 9.84 Å². The average molecular weight is 357 g/mol. The highest BCUT2D eigenvalue weighted by atomic mass is 28.3. The summed E-state index contributed by atoms with van der Waals surface area (Å²) in [6.45, 7) is 9.06. The van der Waals surface area contributed by atoms with Crippen LogP contribution in [-0.2, 0) is 4.74 Å². The average Bonchev–Trinajstić information content (AvgIpc) is 3.07. The van der Waals surface area contributed by atoms with Crippen LogP contribution in [0.3, 0.4) is 0 Å². The van der Waals surface area contributed by atoms with E-state index in [2.05, 4.69) is 20.8 Å². The van der Waals surface area contributed by atoms with Crippen LogP contribution in [0.15, 0.2) is 0 Å². The molecule has 1 rings (SSSR count). The molecule has 0 aromatic heterocycles. The summed E-state index contributed by atoms with van der Waals surface area (Å²) in [5, 5.41) is 8.96. The Morgan fingerprint density at radius 2 is 1.46 bits per heavy atom. The fourth-order valence-corrected chi connectivity index (χ4v) is 12.1. The van der Waals surface area contributed by atoms with Crippen LogP contribution in [0, 0.1) is 5.92 Å². The molecule has 0 amide bonds. The Hall–Kier alpha value is 0.137. The van der Waals surface area contributed by atoms with Crippen molar-refractivity contribution in [2.45, 2.75) is 109 Å². The van der Waals surface area contributed by atoms with Crippen molar-refractivity contribution in [3.63, 3.8) is 0 Å². The van der Waals surface area contributed by atoms with Crippen molar-refractivity contribution in [3.8, 4) is 0 Å². The van der Waals surface area contributed by atoms with Gasteiger partial charge in [-0.15, -0.1) is 0 Å². The molecule has 0 aromatic carbocycles. The lowest BCUT2D eigenvalue weighted by Crippen LogP contribution is -2.42. The molecular weight excluding hydrogens is 312 g/mol. The highest BCUT2D eigenvalue weighted by Crippen LogP contribution is 2.50. The van der Waals surface area contributed by atoms with Crippen LogP contribution in [0.25, 0.3) is 0 Å². The van der Waals surface area contributed by atoms with E-state index in [0.717, 1.165) is 31.1 Å². The summed E-state index contributed by atoms with van der Waals surface area (Å²) in [6, 6.07) is 4.71. The molecule has 0 bridgehead atoms. The smallest absolute Gasteiger partial charge is 0.0570 e. The summed E-state index contributed by atoms with van der Waals surface area (Å²) in [7, 11) is -1.19. The zero-order valence-corrected chi connectivity index (χ0v) is 17.8. The SMILES string of the molecule is CCCC[Si](CCCC)(CCCC)C1CCCC1COCCCO. The van der Waals surface area contributed by atoms with E-state index in [1.165, 1.54) is 57.8 Å². The molecule has 0 heterocycles. The van der Waals surface area contributed by atoms with Gasteiger partial charge in [0, 0.05) is 19.8 Å². The number of rotatable bonds is 15. The number of aliphatic hydroxyl groups is 1. The third-order valence-corrected chi connectivity index (χ3v) is 12.7. The third-order valence-electron chi connectivity index (χ3n) is 6.31. The molecule has 0 radical (unpaired) electrons. The summed E-state index contributed by atoms with van der Waals surface area (Å²) in [5.41, 5.74) is 1.01. The van der Waals surface area contributed by atoms with Crippen LogP contribution in [0.2, 0.25) is 23.7 Å². The number of hydrogen-bond acceptors (Lipinski definition) is 2. The molecule has 144 valence electrons. The monoisotopic (exact) mass is 356 g/mol. The largest absolute Gasteiger partial charge is 0.396 e. The van der Waals surface area contributed by atoms with Gasteiger partial charge in [-0.1, -0.05) is 90.3 Å². The minimum absolute atomic E-state index is 0.260. The fourth-order valence-electron chi connectivity index (χ4n) is 4.96. The van der Waals surface area contributed by atoms with Gasteiger partial charge in [0.15, 0.2) is 0 Å². The number of hydrogen-bond donors (Lipinski definition) is 1. The first kappa shape index (κ1) is 22.2. The van der Waals surface area contributed by atoms with E-state index in [9.17, 15) is 0 Å². The molecule has 2 unspecified atom stereocenters. The lowest BCUT2D eigenvalue weighted by Gasteiger charge is -2.41. The molecule has 24 heavy (non-hydrogen) atoms. The van der Waals surface area contributed by atoms with E-state index < -0.39 is 8.07 Å². The van der Waals surface area contributed by atoms with Crippen molar-refractivity contribution in [2.24, 2.45) is 5.92 Å². The number of ether oxygens (including phenoxy) is 1. The fraction of sp³-hybridized carbons (Fsp3) is 1.00. The second-order valence-corrected chi connectivity index (χ2v) is 13.1. The molecule has 0 aliphatic heterocycles. The first-order valence-corrected chi connectivity index (χ1v) is 13.6. The second-order valence-electron chi connectivity index (χ2n) is 8.12. The molecule has 2 nitrogen and oxygen atoms in total. The maximum atomic E-state index is 8.96.